The first kappa shape index (κ1) is 41.6. The van der Waals surface area contributed by atoms with Crippen LogP contribution in [-0.2, 0) is 38.0 Å². The summed E-state index contributed by atoms with van der Waals surface area (Å²) in [5.41, 5.74) is 4.69. The highest BCUT2D eigenvalue weighted by molar-refractivity contribution is 5.79. The molecule has 0 fully saturated rings. The lowest BCUT2D eigenvalue weighted by atomic mass is 9.98. The summed E-state index contributed by atoms with van der Waals surface area (Å²) in [6.45, 7) is 4.04. The highest BCUT2D eigenvalue weighted by Gasteiger charge is 2.30. The third-order valence-electron chi connectivity index (χ3n) is 7.77. The average Bonchev–Trinajstić information content (AvgIpc) is 3.49. The molecule has 1 aliphatic rings. The Morgan fingerprint density at radius 3 is 1.45 bits per heavy atom. The van der Waals surface area contributed by atoms with Crippen molar-refractivity contribution < 1.29 is 69.4 Å². The van der Waals surface area contributed by atoms with Gasteiger partial charge in [-0.3, -0.25) is 4.79 Å². The van der Waals surface area contributed by atoms with Crippen LogP contribution in [0.1, 0.15) is 29.9 Å². The maximum atomic E-state index is 13.6. The van der Waals surface area contributed by atoms with Gasteiger partial charge in [0.25, 0.3) is 0 Å². The number of carbonyl (C=O) groups is 2. The van der Waals surface area contributed by atoms with Crippen molar-refractivity contribution >= 4 is 12.1 Å². The minimum Gasteiger partial charge on any atom is -0.449 e. The summed E-state index contributed by atoms with van der Waals surface area (Å²) in [5, 5.41) is 2.76. The summed E-state index contributed by atoms with van der Waals surface area (Å²) < 4.78 is 109. The molecule has 290 valence electrons. The van der Waals surface area contributed by atoms with Crippen LogP contribution in [0.4, 0.5) is 26.7 Å². The van der Waals surface area contributed by atoms with Crippen LogP contribution >= 0.6 is 0 Å². The van der Waals surface area contributed by atoms with Crippen LogP contribution in [-0.4, -0.2) is 104 Å². The Balaban J connectivity index is 0.863. The number of hydrogen-bond acceptors (Lipinski definition) is 10. The van der Waals surface area contributed by atoms with Gasteiger partial charge in [-0.2, -0.15) is 8.78 Å². The summed E-state index contributed by atoms with van der Waals surface area (Å²) in [7, 11) is 0. The van der Waals surface area contributed by atoms with Crippen LogP contribution in [0, 0.1) is 29.1 Å². The molecular formula is C37H42F5NO10. The Morgan fingerprint density at radius 1 is 0.547 bits per heavy atom. The molecule has 0 heterocycles. The van der Waals surface area contributed by atoms with E-state index in [2.05, 4.69) is 34.3 Å². The number of hydrogen-bond donors (Lipinski definition) is 1. The average molecular weight is 756 g/mol. The molecule has 0 radical (unpaired) electrons. The molecule has 0 aromatic heterocycles. The van der Waals surface area contributed by atoms with Gasteiger partial charge in [-0.1, -0.05) is 48.5 Å². The minimum atomic E-state index is -2.35. The molecule has 0 saturated carbocycles. The molecule has 1 amide bonds. The molecule has 53 heavy (non-hydrogen) atoms. The van der Waals surface area contributed by atoms with E-state index in [-0.39, 0.29) is 39.0 Å². The number of nitrogens with one attached hydrogen (secondary N) is 1. The molecule has 16 heteroatoms. The summed E-state index contributed by atoms with van der Waals surface area (Å²) in [5.74, 6) is -14.1. The highest BCUT2D eigenvalue weighted by Crippen LogP contribution is 2.44. The van der Waals surface area contributed by atoms with Gasteiger partial charge in [0.15, 0.2) is 0 Å². The number of esters is 1. The summed E-state index contributed by atoms with van der Waals surface area (Å²) in [4.78, 5) is 23.9. The van der Waals surface area contributed by atoms with E-state index in [1.54, 1.807) is 0 Å². The Morgan fingerprint density at radius 2 is 0.962 bits per heavy atom. The Hall–Kier alpha value is -4.19. The fourth-order valence-electron chi connectivity index (χ4n) is 5.21. The van der Waals surface area contributed by atoms with Gasteiger partial charge in [0.05, 0.1) is 79.1 Å². The number of rotatable bonds is 25. The highest BCUT2D eigenvalue weighted by atomic mass is 19.2. The van der Waals surface area contributed by atoms with Gasteiger partial charge in [-0.25, -0.2) is 18.0 Å². The van der Waals surface area contributed by atoms with Gasteiger partial charge in [-0.15, -0.1) is 0 Å². The second-order valence-corrected chi connectivity index (χ2v) is 11.4. The first-order valence-corrected chi connectivity index (χ1v) is 17.1. The fraction of sp³-hybridized carbons (Fsp3) is 0.459. The van der Waals surface area contributed by atoms with E-state index >= 15 is 0 Å². The predicted octanol–water partition coefficient (Wildman–Crippen LogP) is 5.71. The van der Waals surface area contributed by atoms with E-state index < -0.39 is 53.3 Å². The third kappa shape index (κ3) is 13.0. The van der Waals surface area contributed by atoms with Crippen LogP contribution in [0.5, 0.6) is 5.75 Å². The topological polar surface area (TPSA) is 120 Å². The van der Waals surface area contributed by atoms with Crippen LogP contribution in [0.15, 0.2) is 48.5 Å². The number of amides is 1. The number of halogens is 5. The van der Waals surface area contributed by atoms with E-state index in [9.17, 15) is 31.5 Å². The van der Waals surface area contributed by atoms with Gasteiger partial charge in [0.1, 0.15) is 6.61 Å². The molecule has 4 rings (SSSR count). The van der Waals surface area contributed by atoms with Crippen molar-refractivity contribution in [2.45, 2.75) is 18.8 Å². The maximum absolute atomic E-state index is 13.6. The fourth-order valence-corrected chi connectivity index (χ4v) is 5.21. The van der Waals surface area contributed by atoms with Gasteiger partial charge >= 0.3 is 12.1 Å². The first-order valence-electron chi connectivity index (χ1n) is 17.1. The van der Waals surface area contributed by atoms with Crippen LogP contribution in [0.3, 0.4) is 0 Å². The number of fused-ring (bicyclic) bond motifs is 3. The number of carbonyl (C=O) groups excluding carboxylic acids is 2. The Kier molecular flexibility index (Phi) is 17.9. The summed E-state index contributed by atoms with van der Waals surface area (Å²) in [6.07, 6.45) is -0.312. The molecule has 3 aromatic carbocycles. The lowest BCUT2D eigenvalue weighted by molar-refractivity contribution is -0.136. The zero-order valence-electron chi connectivity index (χ0n) is 29.0. The van der Waals surface area contributed by atoms with E-state index in [4.69, 9.17) is 33.2 Å². The molecule has 0 bridgehead atoms. The molecule has 0 atom stereocenters. The molecule has 0 spiro atoms. The third-order valence-corrected chi connectivity index (χ3v) is 7.77. The largest absolute Gasteiger partial charge is 0.449 e. The minimum absolute atomic E-state index is 0.0167. The van der Waals surface area contributed by atoms with Gasteiger partial charge in [0.2, 0.25) is 34.8 Å². The molecule has 0 unspecified atom stereocenters. The first-order chi connectivity index (χ1) is 25.8. The molecule has 3 aromatic rings. The zero-order valence-corrected chi connectivity index (χ0v) is 29.0. The van der Waals surface area contributed by atoms with Crippen molar-refractivity contribution in [2.24, 2.45) is 0 Å². The summed E-state index contributed by atoms with van der Waals surface area (Å²) >= 11 is 0. The van der Waals surface area contributed by atoms with Gasteiger partial charge in [-0.05, 0) is 28.7 Å². The molecule has 0 saturated heterocycles. The second kappa shape index (κ2) is 22.8. The SMILES string of the molecule is O=C(CCOCCOCCOCCOCCOCCOCCCNC(=O)OCC1c2ccccc2-c2ccccc21)Oc1c(F)c(F)c(F)c(F)c1F. The molecule has 11 nitrogen and oxygen atoms in total. The molecule has 0 aliphatic heterocycles. The Bertz CT molecular complexity index is 1540. The number of benzene rings is 3. The summed E-state index contributed by atoms with van der Waals surface area (Å²) in [6, 6.07) is 16.4. The van der Waals surface area contributed by atoms with Crippen molar-refractivity contribution in [3.8, 4) is 16.9 Å². The zero-order chi connectivity index (χ0) is 37.8. The smallest absolute Gasteiger partial charge is 0.407 e. The quantitative estimate of drug-likeness (QED) is 0.0288. The standard InChI is InChI=1S/C37H42F5NO10/c38-31-32(39)34(41)36(35(42)33(31)40)53-30(44)10-13-47-15-17-49-19-21-51-23-22-50-20-18-48-16-14-46-12-5-11-43-37(45)52-24-29-27-8-3-1-6-25(27)26-7-2-4-9-28(26)29/h1-4,6-9,29H,5,10-24H2,(H,43,45). The van der Waals surface area contributed by atoms with E-state index in [1.165, 1.54) is 22.3 Å². The Labute approximate surface area is 303 Å². The van der Waals surface area contributed by atoms with Crippen molar-refractivity contribution in [3.63, 3.8) is 0 Å². The van der Waals surface area contributed by atoms with Crippen molar-refractivity contribution in [3.05, 3.63) is 88.7 Å². The lowest BCUT2D eigenvalue weighted by Crippen LogP contribution is -2.27. The van der Waals surface area contributed by atoms with Crippen LogP contribution in [0.25, 0.3) is 11.1 Å². The van der Waals surface area contributed by atoms with E-state index in [0.717, 1.165) is 0 Å². The van der Waals surface area contributed by atoms with Gasteiger partial charge in [0, 0.05) is 19.1 Å². The van der Waals surface area contributed by atoms with Gasteiger partial charge < -0.3 is 43.2 Å². The molecule has 1 N–H and O–H groups in total. The molecule has 1 aliphatic carbocycles. The van der Waals surface area contributed by atoms with E-state index in [1.807, 2.05) is 24.3 Å². The molecular weight excluding hydrogens is 713 g/mol. The monoisotopic (exact) mass is 755 g/mol. The normalized spacial score (nSPS) is 12.1. The van der Waals surface area contributed by atoms with Crippen molar-refractivity contribution in [1.82, 2.24) is 5.32 Å². The van der Waals surface area contributed by atoms with Crippen LogP contribution < -0.4 is 10.1 Å². The lowest BCUT2D eigenvalue weighted by Gasteiger charge is -2.14. The van der Waals surface area contributed by atoms with E-state index in [0.29, 0.717) is 65.8 Å². The van der Waals surface area contributed by atoms with Crippen molar-refractivity contribution in [2.75, 3.05) is 92.4 Å². The number of ether oxygens (including phenoxy) is 8. The maximum Gasteiger partial charge on any atom is 0.407 e. The second-order valence-electron chi connectivity index (χ2n) is 11.4. The van der Waals surface area contributed by atoms with Crippen LogP contribution in [0.2, 0.25) is 0 Å². The number of alkyl carbamates (subject to hydrolysis) is 1. The van der Waals surface area contributed by atoms with Crippen molar-refractivity contribution in [1.29, 1.82) is 0 Å². The predicted molar refractivity (Wildman–Crippen MR) is 179 cm³/mol.